The van der Waals surface area contributed by atoms with Crippen molar-refractivity contribution in [1.82, 2.24) is 19.8 Å². The topological polar surface area (TPSA) is 129 Å². The van der Waals surface area contributed by atoms with Gasteiger partial charge in [0, 0.05) is 11.3 Å². The molecule has 0 atom stereocenters. The zero-order valence-corrected chi connectivity index (χ0v) is 34.4. The summed E-state index contributed by atoms with van der Waals surface area (Å²) in [6.45, 7) is 13.5. The third-order valence-corrected chi connectivity index (χ3v) is 11.0. The Labute approximate surface area is 322 Å². The van der Waals surface area contributed by atoms with Gasteiger partial charge in [0.1, 0.15) is 15.1 Å². The number of methoxy groups -OCH3 is 2. The summed E-state index contributed by atoms with van der Waals surface area (Å²) in [5.74, 6) is 2.42. The summed E-state index contributed by atoms with van der Waals surface area (Å²) in [6.07, 6.45) is 7.54. The number of hydrogen-bond donors (Lipinski definition) is 2. The van der Waals surface area contributed by atoms with Crippen LogP contribution in [0.3, 0.4) is 0 Å². The number of unbranched alkanes of at least 4 members (excludes halogenated alkanes) is 5. The number of H-pyrrole nitrogens is 1. The number of aromatic amines is 1. The number of aromatic nitrogens is 4. The highest BCUT2D eigenvalue weighted by Crippen LogP contribution is 2.43. The minimum Gasteiger partial charge on any atom is -0.493 e. The highest BCUT2D eigenvalue weighted by atomic mass is 79.9. The van der Waals surface area contributed by atoms with Crippen LogP contribution in [-0.2, 0) is 15.4 Å². The van der Waals surface area contributed by atoms with Crippen LogP contribution in [0, 0.1) is 5.41 Å². The highest BCUT2D eigenvalue weighted by molar-refractivity contribution is 9.10. The zero-order chi connectivity index (χ0) is 38.4. The largest absolute Gasteiger partial charge is 0.493 e. The number of halogens is 1. The Balaban J connectivity index is 1.40. The zero-order valence-electron chi connectivity index (χ0n) is 32.0. The second kappa shape index (κ2) is 16.8. The molecule has 0 fully saturated rings. The van der Waals surface area contributed by atoms with Crippen LogP contribution in [0.15, 0.2) is 70.0 Å². The summed E-state index contributed by atoms with van der Waals surface area (Å²) < 4.78 is 56.4. The van der Waals surface area contributed by atoms with Gasteiger partial charge in [-0.3, -0.25) is 9.82 Å². The van der Waals surface area contributed by atoms with E-state index in [4.69, 9.17) is 23.9 Å². The molecule has 2 N–H and O–H groups in total. The van der Waals surface area contributed by atoms with Gasteiger partial charge in [0.25, 0.3) is 15.9 Å². The fourth-order valence-electron chi connectivity index (χ4n) is 6.68. The molecular formula is C40H52BrN5O6S. The highest BCUT2D eigenvalue weighted by Gasteiger charge is 2.30. The molecule has 11 nitrogen and oxygen atoms in total. The van der Waals surface area contributed by atoms with Crippen molar-refractivity contribution in [3.63, 3.8) is 0 Å². The Morgan fingerprint density at radius 1 is 0.868 bits per heavy atom. The molecule has 0 unspecified atom stereocenters. The van der Waals surface area contributed by atoms with Crippen molar-refractivity contribution < 1.29 is 27.4 Å². The smallest absolute Gasteiger partial charge is 0.265 e. The SMILES string of the molecule is CCCCCCCCOc1ccc(C(C)(C)CC(C)(C)C)cc1S(=O)(=O)Nc1cccc(-c2nc3c(Br)c(Oc4c(OC)cccc4OC)nn3[nH]2)c1. The van der Waals surface area contributed by atoms with Gasteiger partial charge in [0.15, 0.2) is 23.0 Å². The molecule has 53 heavy (non-hydrogen) atoms. The van der Waals surface area contributed by atoms with Crippen LogP contribution in [0.25, 0.3) is 17.0 Å². The molecule has 0 saturated carbocycles. The van der Waals surface area contributed by atoms with Crippen molar-refractivity contribution in [2.75, 3.05) is 25.5 Å². The van der Waals surface area contributed by atoms with Crippen LogP contribution in [0.2, 0.25) is 0 Å². The van der Waals surface area contributed by atoms with Gasteiger partial charge in [0.05, 0.1) is 20.8 Å². The van der Waals surface area contributed by atoms with E-state index in [-0.39, 0.29) is 21.6 Å². The van der Waals surface area contributed by atoms with E-state index in [1.807, 2.05) is 12.1 Å². The molecule has 0 aliphatic rings. The first-order chi connectivity index (χ1) is 25.2. The molecule has 13 heteroatoms. The first-order valence-corrected chi connectivity index (χ1v) is 20.4. The van der Waals surface area contributed by atoms with Crippen LogP contribution in [0.1, 0.15) is 92.1 Å². The lowest BCUT2D eigenvalue weighted by Gasteiger charge is -2.33. The van der Waals surface area contributed by atoms with E-state index in [1.54, 1.807) is 62.8 Å². The summed E-state index contributed by atoms with van der Waals surface area (Å²) in [7, 11) is -0.964. The van der Waals surface area contributed by atoms with E-state index in [1.165, 1.54) is 23.9 Å². The van der Waals surface area contributed by atoms with Crippen LogP contribution in [0.5, 0.6) is 28.9 Å². The number of anilines is 1. The fourth-order valence-corrected chi connectivity index (χ4v) is 8.31. The number of ether oxygens (including phenoxy) is 4. The lowest BCUT2D eigenvalue weighted by Crippen LogP contribution is -2.25. The number of nitrogens with zero attached hydrogens (tertiary/aromatic N) is 3. The van der Waals surface area contributed by atoms with Gasteiger partial charge >= 0.3 is 0 Å². The molecule has 5 aromatic rings. The number of fused-ring (bicyclic) bond motifs is 1. The molecule has 5 rings (SSSR count). The first-order valence-electron chi connectivity index (χ1n) is 18.1. The molecule has 0 bridgehead atoms. The van der Waals surface area contributed by atoms with Crippen molar-refractivity contribution in [2.45, 2.75) is 96.8 Å². The van der Waals surface area contributed by atoms with Gasteiger partial charge in [-0.25, -0.2) is 13.4 Å². The van der Waals surface area contributed by atoms with Gasteiger partial charge < -0.3 is 18.9 Å². The number of nitrogens with one attached hydrogen (secondary N) is 2. The Morgan fingerprint density at radius 3 is 2.21 bits per heavy atom. The van der Waals surface area contributed by atoms with Crippen molar-refractivity contribution in [2.24, 2.45) is 5.41 Å². The summed E-state index contributed by atoms with van der Waals surface area (Å²) in [6, 6.07) is 18.0. The average Bonchev–Trinajstić information content (AvgIpc) is 3.65. The standard InChI is InChI=1S/C40H52BrN5O6S/c1-9-10-11-12-13-14-23-51-30-22-21-28(40(5,6)26-39(2,3)4)25-33(30)53(47,48)45-29-18-15-17-27(24-29)36-42-37-34(41)38(44-46(37)43-36)52-35-31(49-7)19-16-20-32(35)50-8/h15-22,24-25,45H,9-14,23,26H2,1-8H3,(H,42,43). The first kappa shape index (κ1) is 40.0. The van der Waals surface area contributed by atoms with Crippen molar-refractivity contribution in [3.8, 4) is 40.3 Å². The molecule has 286 valence electrons. The Morgan fingerprint density at radius 2 is 1.55 bits per heavy atom. The summed E-state index contributed by atoms with van der Waals surface area (Å²) in [5, 5.41) is 7.69. The van der Waals surface area contributed by atoms with E-state index in [0.29, 0.717) is 56.8 Å². The third-order valence-electron chi connectivity index (χ3n) is 8.92. The van der Waals surface area contributed by atoms with Crippen molar-refractivity contribution in [1.29, 1.82) is 0 Å². The maximum Gasteiger partial charge on any atom is 0.265 e. The minimum atomic E-state index is -4.06. The average molecular weight is 811 g/mol. The normalized spacial score (nSPS) is 12.2. The van der Waals surface area contributed by atoms with E-state index in [9.17, 15) is 8.42 Å². The lowest BCUT2D eigenvalue weighted by molar-refractivity contribution is 0.281. The van der Waals surface area contributed by atoms with Crippen LogP contribution in [-0.4, -0.2) is 49.1 Å². The van der Waals surface area contributed by atoms with Crippen molar-refractivity contribution >= 4 is 37.3 Å². The minimum absolute atomic E-state index is 0.0504. The monoisotopic (exact) mass is 809 g/mol. The molecule has 0 amide bonds. The Hall–Kier alpha value is -4.23. The molecule has 0 radical (unpaired) electrons. The molecular weight excluding hydrogens is 758 g/mol. The second-order valence-corrected chi connectivity index (χ2v) is 17.5. The van der Waals surface area contributed by atoms with E-state index < -0.39 is 10.0 Å². The van der Waals surface area contributed by atoms with Crippen molar-refractivity contribution in [3.05, 3.63) is 70.7 Å². The number of benzene rings is 3. The predicted molar refractivity (Wildman–Crippen MR) is 213 cm³/mol. The van der Waals surface area contributed by atoms with Crippen LogP contribution in [0.4, 0.5) is 5.69 Å². The Kier molecular flexibility index (Phi) is 12.7. The van der Waals surface area contributed by atoms with Gasteiger partial charge in [-0.2, -0.15) is 0 Å². The van der Waals surface area contributed by atoms with E-state index >= 15 is 0 Å². The maximum absolute atomic E-state index is 14.2. The number of sulfonamides is 1. The lowest BCUT2D eigenvalue weighted by atomic mass is 9.72. The fraction of sp³-hybridized carbons (Fsp3) is 0.450. The van der Waals surface area contributed by atoms with Crippen LogP contribution < -0.4 is 23.7 Å². The van der Waals surface area contributed by atoms with Crippen LogP contribution >= 0.6 is 15.9 Å². The number of para-hydroxylation sites is 1. The number of hydrogen-bond acceptors (Lipinski definition) is 8. The molecule has 0 saturated heterocycles. The molecule has 2 aromatic heterocycles. The number of rotatable bonds is 18. The third kappa shape index (κ3) is 9.85. The quantitative estimate of drug-likeness (QED) is 0.0837. The summed E-state index contributed by atoms with van der Waals surface area (Å²) in [5.41, 5.74) is 2.21. The van der Waals surface area contributed by atoms with Gasteiger partial charge in [-0.15, -0.1) is 9.73 Å². The van der Waals surface area contributed by atoms with Gasteiger partial charge in [-0.1, -0.05) is 97.9 Å². The summed E-state index contributed by atoms with van der Waals surface area (Å²) >= 11 is 3.57. The van der Waals surface area contributed by atoms with Gasteiger partial charge in [-0.05, 0) is 81.6 Å². The second-order valence-electron chi connectivity index (χ2n) is 15.1. The molecule has 3 aromatic carbocycles. The summed E-state index contributed by atoms with van der Waals surface area (Å²) in [4.78, 5) is 4.85. The Bertz CT molecular complexity index is 2100. The van der Waals surface area contributed by atoms with E-state index in [0.717, 1.165) is 31.2 Å². The predicted octanol–water partition coefficient (Wildman–Crippen LogP) is 10.6. The molecule has 2 heterocycles. The van der Waals surface area contributed by atoms with Gasteiger partial charge in [0.2, 0.25) is 5.75 Å². The molecule has 0 spiro atoms. The molecule has 0 aliphatic heterocycles. The molecule has 0 aliphatic carbocycles. The van der Waals surface area contributed by atoms with E-state index in [2.05, 4.69) is 72.4 Å². The maximum atomic E-state index is 14.2.